The number of para-hydroxylation sites is 1. The molecule has 2 aromatic rings. The number of hydrogen-bond acceptors (Lipinski definition) is 3. The van der Waals surface area contributed by atoms with E-state index in [2.05, 4.69) is 20.9 Å². The van der Waals surface area contributed by atoms with Gasteiger partial charge in [-0.05, 0) is 41.9 Å². The average Bonchev–Trinajstić information content (AvgIpc) is 2.48. The molecule has 1 aromatic carbocycles. The summed E-state index contributed by atoms with van der Waals surface area (Å²) in [4.78, 5) is 4.32. The van der Waals surface area contributed by atoms with Crippen molar-refractivity contribution in [2.45, 2.75) is 19.4 Å². The van der Waals surface area contributed by atoms with Gasteiger partial charge in [-0.1, -0.05) is 6.07 Å². The van der Waals surface area contributed by atoms with Crippen LogP contribution in [0.2, 0.25) is 0 Å². The van der Waals surface area contributed by atoms with Crippen molar-refractivity contribution in [2.24, 2.45) is 5.73 Å². The minimum absolute atomic E-state index is 0.543. The molecule has 3 nitrogen and oxygen atoms in total. The lowest BCUT2D eigenvalue weighted by Gasteiger charge is -2.12. The fraction of sp³-hybridized carbons (Fsp3) is 0.300. The van der Waals surface area contributed by atoms with E-state index in [0.29, 0.717) is 5.89 Å². The SMILES string of the molecule is CC(C)(N)c1nc2cccc(Br)c2o1. The zero-order valence-electron chi connectivity index (χ0n) is 8.04. The van der Waals surface area contributed by atoms with Crippen molar-refractivity contribution >= 4 is 27.0 Å². The normalized spacial score (nSPS) is 12.3. The second-order valence-electron chi connectivity index (χ2n) is 3.83. The van der Waals surface area contributed by atoms with Gasteiger partial charge in [-0.2, -0.15) is 0 Å². The topological polar surface area (TPSA) is 52.0 Å². The maximum absolute atomic E-state index is 5.90. The number of aromatic nitrogens is 1. The van der Waals surface area contributed by atoms with Gasteiger partial charge in [0.25, 0.3) is 0 Å². The summed E-state index contributed by atoms with van der Waals surface area (Å²) in [5.41, 5.74) is 6.93. The molecule has 1 heterocycles. The molecular weight excluding hydrogens is 244 g/mol. The van der Waals surface area contributed by atoms with Crippen molar-refractivity contribution in [1.82, 2.24) is 4.98 Å². The Morgan fingerprint density at radius 1 is 1.43 bits per heavy atom. The van der Waals surface area contributed by atoms with Gasteiger partial charge in [-0.3, -0.25) is 0 Å². The van der Waals surface area contributed by atoms with E-state index in [1.807, 2.05) is 32.0 Å². The Morgan fingerprint density at radius 2 is 2.14 bits per heavy atom. The fourth-order valence-electron chi connectivity index (χ4n) is 1.19. The highest BCUT2D eigenvalue weighted by Gasteiger charge is 2.21. The molecule has 0 unspecified atom stereocenters. The summed E-state index contributed by atoms with van der Waals surface area (Å²) in [7, 11) is 0. The van der Waals surface area contributed by atoms with Gasteiger partial charge >= 0.3 is 0 Å². The third-order valence-corrected chi connectivity index (χ3v) is 2.54. The van der Waals surface area contributed by atoms with Crippen LogP contribution in [0.4, 0.5) is 0 Å². The van der Waals surface area contributed by atoms with Crippen molar-refractivity contribution in [2.75, 3.05) is 0 Å². The molecule has 0 atom stereocenters. The predicted molar refractivity (Wildman–Crippen MR) is 58.9 cm³/mol. The molecule has 0 fully saturated rings. The number of nitrogens with two attached hydrogens (primary N) is 1. The molecule has 0 radical (unpaired) electrons. The molecule has 74 valence electrons. The Bertz CT molecular complexity index is 470. The summed E-state index contributed by atoms with van der Waals surface area (Å²) in [6.45, 7) is 3.73. The molecule has 0 spiro atoms. The number of nitrogens with zero attached hydrogens (tertiary/aromatic N) is 1. The molecule has 0 amide bonds. The summed E-state index contributed by atoms with van der Waals surface area (Å²) in [6.07, 6.45) is 0. The Labute approximate surface area is 90.4 Å². The molecular formula is C10H11BrN2O. The largest absolute Gasteiger partial charge is 0.437 e. The molecule has 2 rings (SSSR count). The zero-order chi connectivity index (χ0) is 10.3. The highest BCUT2D eigenvalue weighted by molar-refractivity contribution is 9.10. The van der Waals surface area contributed by atoms with E-state index in [0.717, 1.165) is 15.6 Å². The smallest absolute Gasteiger partial charge is 0.215 e. The van der Waals surface area contributed by atoms with Crippen LogP contribution in [0.15, 0.2) is 27.1 Å². The Balaban J connectivity index is 2.69. The molecule has 0 saturated heterocycles. The number of oxazole rings is 1. The van der Waals surface area contributed by atoms with E-state index >= 15 is 0 Å². The lowest BCUT2D eigenvalue weighted by atomic mass is 10.1. The minimum Gasteiger partial charge on any atom is -0.437 e. The van der Waals surface area contributed by atoms with E-state index in [4.69, 9.17) is 10.2 Å². The third kappa shape index (κ3) is 1.55. The Hall–Kier alpha value is -0.870. The van der Waals surface area contributed by atoms with Crippen molar-refractivity contribution in [1.29, 1.82) is 0 Å². The number of rotatable bonds is 1. The first-order chi connectivity index (χ1) is 6.48. The minimum atomic E-state index is -0.543. The van der Waals surface area contributed by atoms with Crippen LogP contribution in [-0.2, 0) is 5.54 Å². The van der Waals surface area contributed by atoms with Crippen molar-refractivity contribution in [3.8, 4) is 0 Å². The highest BCUT2D eigenvalue weighted by Crippen LogP contribution is 2.27. The molecule has 4 heteroatoms. The van der Waals surface area contributed by atoms with Crippen LogP contribution in [0.5, 0.6) is 0 Å². The molecule has 0 aliphatic heterocycles. The second-order valence-corrected chi connectivity index (χ2v) is 4.68. The Kier molecular flexibility index (Phi) is 2.12. The third-order valence-electron chi connectivity index (χ3n) is 1.92. The van der Waals surface area contributed by atoms with E-state index in [9.17, 15) is 0 Å². The highest BCUT2D eigenvalue weighted by atomic mass is 79.9. The molecule has 0 saturated carbocycles. The fourth-order valence-corrected chi connectivity index (χ4v) is 1.63. The predicted octanol–water partition coefficient (Wildman–Crippen LogP) is 2.78. The van der Waals surface area contributed by atoms with E-state index in [1.54, 1.807) is 0 Å². The van der Waals surface area contributed by atoms with Crippen LogP contribution in [-0.4, -0.2) is 4.98 Å². The lowest BCUT2D eigenvalue weighted by molar-refractivity contribution is 0.394. The molecule has 0 aliphatic carbocycles. The van der Waals surface area contributed by atoms with E-state index < -0.39 is 5.54 Å². The summed E-state index contributed by atoms with van der Waals surface area (Å²) < 4.78 is 6.48. The lowest BCUT2D eigenvalue weighted by Crippen LogP contribution is -2.28. The van der Waals surface area contributed by atoms with Gasteiger partial charge in [0.15, 0.2) is 5.58 Å². The van der Waals surface area contributed by atoms with Gasteiger partial charge in [-0.15, -0.1) is 0 Å². The van der Waals surface area contributed by atoms with Crippen molar-refractivity contribution < 1.29 is 4.42 Å². The van der Waals surface area contributed by atoms with Gasteiger partial charge in [0, 0.05) is 0 Å². The quantitative estimate of drug-likeness (QED) is 0.852. The summed E-state index contributed by atoms with van der Waals surface area (Å²) in [5, 5.41) is 0. The first-order valence-electron chi connectivity index (χ1n) is 4.33. The van der Waals surface area contributed by atoms with Crippen molar-refractivity contribution in [3.63, 3.8) is 0 Å². The molecule has 2 N–H and O–H groups in total. The van der Waals surface area contributed by atoms with Gasteiger partial charge in [0.2, 0.25) is 5.89 Å². The van der Waals surface area contributed by atoms with Crippen molar-refractivity contribution in [3.05, 3.63) is 28.6 Å². The van der Waals surface area contributed by atoms with Crippen LogP contribution < -0.4 is 5.73 Å². The van der Waals surface area contributed by atoms with Gasteiger partial charge in [0.1, 0.15) is 5.52 Å². The van der Waals surface area contributed by atoms with Crippen LogP contribution in [0, 0.1) is 0 Å². The van der Waals surface area contributed by atoms with Gasteiger partial charge < -0.3 is 10.2 Å². The molecule has 0 aliphatic rings. The van der Waals surface area contributed by atoms with E-state index in [1.165, 1.54) is 0 Å². The Morgan fingerprint density at radius 3 is 2.71 bits per heavy atom. The zero-order valence-corrected chi connectivity index (χ0v) is 9.63. The maximum Gasteiger partial charge on any atom is 0.215 e. The van der Waals surface area contributed by atoms with E-state index in [-0.39, 0.29) is 0 Å². The van der Waals surface area contributed by atoms with Crippen LogP contribution >= 0.6 is 15.9 Å². The van der Waals surface area contributed by atoms with Gasteiger partial charge in [-0.25, -0.2) is 4.98 Å². The number of benzene rings is 1. The average molecular weight is 255 g/mol. The summed E-state index contributed by atoms with van der Waals surface area (Å²) in [5.74, 6) is 0.555. The van der Waals surface area contributed by atoms with Gasteiger partial charge in [0.05, 0.1) is 10.0 Å². The molecule has 1 aromatic heterocycles. The maximum atomic E-state index is 5.90. The molecule has 0 bridgehead atoms. The molecule has 14 heavy (non-hydrogen) atoms. The summed E-state index contributed by atoms with van der Waals surface area (Å²) >= 11 is 3.40. The number of hydrogen-bond donors (Lipinski definition) is 1. The second kappa shape index (κ2) is 3.07. The number of fused-ring (bicyclic) bond motifs is 1. The first-order valence-corrected chi connectivity index (χ1v) is 5.12. The van der Waals surface area contributed by atoms with Crippen LogP contribution in [0.25, 0.3) is 11.1 Å². The monoisotopic (exact) mass is 254 g/mol. The number of halogens is 1. The van der Waals surface area contributed by atoms with Crippen LogP contribution in [0.1, 0.15) is 19.7 Å². The summed E-state index contributed by atoms with van der Waals surface area (Å²) in [6, 6.07) is 5.74. The van der Waals surface area contributed by atoms with Crippen LogP contribution in [0.3, 0.4) is 0 Å². The standard InChI is InChI=1S/C10H11BrN2O/c1-10(2,12)9-13-7-5-3-4-6(11)8(7)14-9/h3-5H,12H2,1-2H3. The first kappa shape index (κ1) is 9.68.